The van der Waals surface area contributed by atoms with Gasteiger partial charge in [0.2, 0.25) is 0 Å². The highest BCUT2D eigenvalue weighted by Gasteiger charge is 2.53. The summed E-state index contributed by atoms with van der Waals surface area (Å²) in [5, 5.41) is 3.60. The molecule has 2 bridgehead atoms. The summed E-state index contributed by atoms with van der Waals surface area (Å²) >= 11 is 0. The molecule has 13 heavy (non-hydrogen) atoms. The Morgan fingerprint density at radius 1 is 1.46 bits per heavy atom. The van der Waals surface area contributed by atoms with Gasteiger partial charge in [-0.05, 0) is 36.5 Å². The van der Waals surface area contributed by atoms with Gasteiger partial charge in [-0.3, -0.25) is 0 Å². The lowest BCUT2D eigenvalue weighted by molar-refractivity contribution is -0.0860. The smallest absolute Gasteiger partial charge is 0.0135 e. The van der Waals surface area contributed by atoms with E-state index in [1.165, 1.54) is 19.3 Å². The molecule has 0 amide bonds. The molecule has 0 aromatic carbocycles. The lowest BCUT2D eigenvalue weighted by atomic mass is 9.47. The Labute approximate surface area is 81.6 Å². The largest absolute Gasteiger partial charge is 0.310 e. The van der Waals surface area contributed by atoms with Crippen LogP contribution in [0.15, 0.2) is 12.7 Å². The van der Waals surface area contributed by atoms with Gasteiger partial charge < -0.3 is 5.32 Å². The quantitative estimate of drug-likeness (QED) is 0.657. The van der Waals surface area contributed by atoms with Crippen LogP contribution in [0.1, 0.15) is 33.1 Å². The van der Waals surface area contributed by atoms with Crippen LogP contribution in [-0.2, 0) is 0 Å². The SMILES string of the molecule is C=CCNC1CCC2CC1C2(C)C. The summed E-state index contributed by atoms with van der Waals surface area (Å²) < 4.78 is 0. The van der Waals surface area contributed by atoms with Crippen LogP contribution in [0.4, 0.5) is 0 Å². The molecular weight excluding hydrogens is 158 g/mol. The third kappa shape index (κ3) is 1.34. The minimum Gasteiger partial charge on any atom is -0.310 e. The zero-order valence-electron chi connectivity index (χ0n) is 8.84. The molecule has 3 aliphatic rings. The standard InChI is InChI=1S/C12H21N/c1-4-7-13-11-6-5-9-8-10(11)12(9,2)3/h4,9-11,13H,1,5-8H2,2-3H3. The van der Waals surface area contributed by atoms with Crippen LogP contribution in [0.2, 0.25) is 0 Å². The zero-order valence-corrected chi connectivity index (χ0v) is 8.84. The molecule has 1 N–H and O–H groups in total. The van der Waals surface area contributed by atoms with Crippen molar-refractivity contribution in [2.45, 2.75) is 39.2 Å². The van der Waals surface area contributed by atoms with E-state index < -0.39 is 0 Å². The summed E-state index contributed by atoms with van der Waals surface area (Å²) in [6.07, 6.45) is 6.24. The van der Waals surface area contributed by atoms with Crippen molar-refractivity contribution in [3.63, 3.8) is 0 Å². The van der Waals surface area contributed by atoms with Gasteiger partial charge in [0.15, 0.2) is 0 Å². The molecule has 74 valence electrons. The second-order valence-corrected chi connectivity index (χ2v) is 5.24. The first-order valence-corrected chi connectivity index (χ1v) is 5.50. The molecule has 0 aliphatic heterocycles. The third-order valence-corrected chi connectivity index (χ3v) is 4.38. The van der Waals surface area contributed by atoms with E-state index >= 15 is 0 Å². The molecule has 3 unspecified atom stereocenters. The average molecular weight is 179 g/mol. The maximum absolute atomic E-state index is 3.76. The number of rotatable bonds is 3. The van der Waals surface area contributed by atoms with E-state index in [9.17, 15) is 0 Å². The molecule has 0 saturated heterocycles. The minimum absolute atomic E-state index is 0.608. The van der Waals surface area contributed by atoms with Crippen molar-refractivity contribution in [1.82, 2.24) is 5.32 Å². The Morgan fingerprint density at radius 3 is 2.77 bits per heavy atom. The summed E-state index contributed by atoms with van der Waals surface area (Å²) in [5.74, 6) is 1.94. The van der Waals surface area contributed by atoms with Crippen molar-refractivity contribution >= 4 is 0 Å². The fourth-order valence-electron chi connectivity index (χ4n) is 3.29. The van der Waals surface area contributed by atoms with Gasteiger partial charge in [-0.2, -0.15) is 0 Å². The number of hydrogen-bond acceptors (Lipinski definition) is 1. The Hall–Kier alpha value is -0.300. The summed E-state index contributed by atoms with van der Waals surface area (Å²) in [4.78, 5) is 0. The van der Waals surface area contributed by atoms with E-state index in [1.54, 1.807) is 0 Å². The van der Waals surface area contributed by atoms with Crippen LogP contribution in [0.25, 0.3) is 0 Å². The normalized spacial score (nSPS) is 40.9. The summed E-state index contributed by atoms with van der Waals surface area (Å²) in [6.45, 7) is 9.61. The average Bonchev–Trinajstić information content (AvgIpc) is 2.14. The number of fused-ring (bicyclic) bond motifs is 2. The fraction of sp³-hybridized carbons (Fsp3) is 0.833. The molecule has 3 rings (SSSR count). The van der Waals surface area contributed by atoms with Gasteiger partial charge in [-0.15, -0.1) is 6.58 Å². The summed E-state index contributed by atoms with van der Waals surface area (Å²) in [5.41, 5.74) is 0.608. The minimum atomic E-state index is 0.608. The lowest BCUT2D eigenvalue weighted by Crippen LogP contribution is -2.58. The highest BCUT2D eigenvalue weighted by atomic mass is 14.9. The maximum Gasteiger partial charge on any atom is 0.0135 e. The third-order valence-electron chi connectivity index (χ3n) is 4.38. The van der Waals surface area contributed by atoms with Gasteiger partial charge in [0.1, 0.15) is 0 Å². The first kappa shape index (κ1) is 9.26. The molecule has 1 nitrogen and oxygen atoms in total. The van der Waals surface area contributed by atoms with Crippen molar-refractivity contribution in [2.24, 2.45) is 17.3 Å². The van der Waals surface area contributed by atoms with Crippen LogP contribution in [0.5, 0.6) is 0 Å². The first-order valence-electron chi connectivity index (χ1n) is 5.50. The fourth-order valence-corrected chi connectivity index (χ4v) is 3.29. The molecule has 0 aromatic rings. The van der Waals surface area contributed by atoms with Crippen LogP contribution in [-0.4, -0.2) is 12.6 Å². The second-order valence-electron chi connectivity index (χ2n) is 5.24. The summed E-state index contributed by atoms with van der Waals surface area (Å²) in [6, 6.07) is 0.762. The maximum atomic E-state index is 3.76. The first-order chi connectivity index (χ1) is 6.16. The number of hydrogen-bond donors (Lipinski definition) is 1. The molecule has 3 aliphatic carbocycles. The monoisotopic (exact) mass is 179 g/mol. The summed E-state index contributed by atoms with van der Waals surface area (Å²) in [7, 11) is 0. The highest BCUT2D eigenvalue weighted by Crippen LogP contribution is 2.58. The van der Waals surface area contributed by atoms with Gasteiger partial charge >= 0.3 is 0 Å². The van der Waals surface area contributed by atoms with Gasteiger partial charge in [-0.1, -0.05) is 19.9 Å². The van der Waals surface area contributed by atoms with Crippen molar-refractivity contribution in [1.29, 1.82) is 0 Å². The molecule has 0 spiro atoms. The zero-order chi connectivity index (χ0) is 9.47. The van der Waals surface area contributed by atoms with Crippen molar-refractivity contribution in [2.75, 3.05) is 6.54 Å². The Bertz CT molecular complexity index is 205. The number of nitrogens with one attached hydrogen (secondary N) is 1. The van der Waals surface area contributed by atoms with E-state index in [-0.39, 0.29) is 0 Å². The Balaban J connectivity index is 1.95. The molecule has 1 heteroatoms. The van der Waals surface area contributed by atoms with Gasteiger partial charge in [-0.25, -0.2) is 0 Å². The topological polar surface area (TPSA) is 12.0 Å². The van der Waals surface area contributed by atoms with E-state index in [1.807, 2.05) is 6.08 Å². The van der Waals surface area contributed by atoms with E-state index in [4.69, 9.17) is 0 Å². The predicted molar refractivity (Wildman–Crippen MR) is 56.6 cm³/mol. The molecule has 3 atom stereocenters. The second kappa shape index (κ2) is 3.13. The van der Waals surface area contributed by atoms with Crippen LogP contribution >= 0.6 is 0 Å². The Kier molecular flexibility index (Phi) is 2.23. The molecule has 3 saturated carbocycles. The highest BCUT2D eigenvalue weighted by molar-refractivity contribution is 5.06. The molecule has 0 radical (unpaired) electrons. The molecule has 3 fully saturated rings. The van der Waals surface area contributed by atoms with Crippen LogP contribution in [0.3, 0.4) is 0 Å². The molecular formula is C12H21N. The van der Waals surface area contributed by atoms with Crippen LogP contribution < -0.4 is 5.32 Å². The van der Waals surface area contributed by atoms with Gasteiger partial charge in [0.25, 0.3) is 0 Å². The van der Waals surface area contributed by atoms with E-state index in [2.05, 4.69) is 25.7 Å². The van der Waals surface area contributed by atoms with Gasteiger partial charge in [0, 0.05) is 12.6 Å². The van der Waals surface area contributed by atoms with Crippen molar-refractivity contribution in [3.05, 3.63) is 12.7 Å². The lowest BCUT2D eigenvalue weighted by Gasteiger charge is -2.60. The van der Waals surface area contributed by atoms with E-state index in [0.29, 0.717) is 5.41 Å². The van der Waals surface area contributed by atoms with Crippen LogP contribution in [0, 0.1) is 17.3 Å². The molecule has 0 heterocycles. The van der Waals surface area contributed by atoms with Crippen molar-refractivity contribution in [3.8, 4) is 0 Å². The Morgan fingerprint density at radius 2 is 2.23 bits per heavy atom. The predicted octanol–water partition coefficient (Wildman–Crippen LogP) is 2.59. The van der Waals surface area contributed by atoms with Crippen molar-refractivity contribution < 1.29 is 0 Å². The van der Waals surface area contributed by atoms with E-state index in [0.717, 1.165) is 24.4 Å². The molecule has 0 aromatic heterocycles. The van der Waals surface area contributed by atoms with Gasteiger partial charge in [0.05, 0.1) is 0 Å².